The van der Waals surface area contributed by atoms with Crippen LogP contribution in [0.3, 0.4) is 0 Å². The lowest BCUT2D eigenvalue weighted by molar-refractivity contribution is -0.127. The van der Waals surface area contributed by atoms with Gasteiger partial charge in [-0.05, 0) is 29.7 Å². The van der Waals surface area contributed by atoms with Crippen molar-refractivity contribution in [2.24, 2.45) is 0 Å². The van der Waals surface area contributed by atoms with Gasteiger partial charge in [-0.1, -0.05) is 81.8 Å². The molecule has 0 spiro atoms. The lowest BCUT2D eigenvalue weighted by Gasteiger charge is -2.14. The molecule has 0 aromatic heterocycles. The number of methoxy groups -OCH3 is 1. The largest absolute Gasteiger partial charge is 0.493 e. The molecule has 0 fully saturated rings. The molecule has 0 bridgehead atoms. The lowest BCUT2D eigenvalue weighted by Crippen LogP contribution is -2.22. The van der Waals surface area contributed by atoms with Crippen molar-refractivity contribution >= 4 is 5.78 Å². The zero-order valence-electron chi connectivity index (χ0n) is 18.4. The van der Waals surface area contributed by atoms with Crippen molar-refractivity contribution in [1.29, 1.82) is 0 Å². The molecule has 0 aliphatic carbocycles. The quantitative estimate of drug-likeness (QED) is 0.371. The zero-order valence-corrected chi connectivity index (χ0v) is 18.4. The van der Waals surface area contributed by atoms with E-state index in [1.54, 1.807) is 7.11 Å². The number of hydrogen-bond donors (Lipinski definition) is 1. The number of benzene rings is 2. The standard InChI is InChI=1S/C26H36O4/c1-3-4-5-6-7-8-12-15-23(27)24(28)18-22-16-17-25(26(19-22)29-2)30-20-21-13-10-9-11-14-21/h9-11,13-14,16-17,19,24,28H,3-8,12,15,18,20H2,1-2H3. The molecule has 1 unspecified atom stereocenters. The van der Waals surface area contributed by atoms with E-state index in [4.69, 9.17) is 9.47 Å². The number of ether oxygens (including phenoxy) is 2. The summed E-state index contributed by atoms with van der Waals surface area (Å²) in [6, 6.07) is 15.5. The Morgan fingerprint density at radius 2 is 1.60 bits per heavy atom. The van der Waals surface area contributed by atoms with Crippen molar-refractivity contribution in [2.45, 2.75) is 77.4 Å². The topological polar surface area (TPSA) is 55.8 Å². The van der Waals surface area contributed by atoms with Gasteiger partial charge in [-0.2, -0.15) is 0 Å². The van der Waals surface area contributed by atoms with Crippen LogP contribution in [0.15, 0.2) is 48.5 Å². The number of Topliss-reactive ketones (excluding diaryl/α,β-unsaturated/α-hetero) is 1. The summed E-state index contributed by atoms with van der Waals surface area (Å²) in [5.74, 6) is 1.18. The number of hydrogen-bond acceptors (Lipinski definition) is 4. The molecule has 1 N–H and O–H groups in total. The highest BCUT2D eigenvalue weighted by molar-refractivity contribution is 5.83. The Hall–Kier alpha value is -2.33. The molecule has 0 saturated heterocycles. The Labute approximate surface area is 181 Å². The van der Waals surface area contributed by atoms with Crippen LogP contribution in [-0.2, 0) is 17.8 Å². The van der Waals surface area contributed by atoms with Gasteiger partial charge in [0.1, 0.15) is 12.7 Å². The van der Waals surface area contributed by atoms with Gasteiger partial charge in [-0.15, -0.1) is 0 Å². The maximum Gasteiger partial charge on any atom is 0.161 e. The number of rotatable bonds is 15. The molecular weight excluding hydrogens is 376 g/mol. The highest BCUT2D eigenvalue weighted by Gasteiger charge is 2.16. The van der Waals surface area contributed by atoms with E-state index in [0.29, 0.717) is 30.9 Å². The third-order valence-corrected chi connectivity index (χ3v) is 5.29. The first kappa shape index (κ1) is 23.9. The molecule has 164 valence electrons. The lowest BCUT2D eigenvalue weighted by atomic mass is 10.00. The maximum absolute atomic E-state index is 12.3. The van der Waals surface area contributed by atoms with Gasteiger partial charge in [-0.25, -0.2) is 0 Å². The van der Waals surface area contributed by atoms with E-state index in [1.165, 1.54) is 32.1 Å². The number of aliphatic hydroxyl groups is 1. The van der Waals surface area contributed by atoms with Crippen LogP contribution in [0.4, 0.5) is 0 Å². The molecule has 0 saturated carbocycles. The van der Waals surface area contributed by atoms with E-state index in [1.807, 2.05) is 48.5 Å². The van der Waals surface area contributed by atoms with Crippen LogP contribution in [0, 0.1) is 0 Å². The summed E-state index contributed by atoms with van der Waals surface area (Å²) >= 11 is 0. The monoisotopic (exact) mass is 412 g/mol. The smallest absolute Gasteiger partial charge is 0.161 e. The van der Waals surface area contributed by atoms with Gasteiger partial charge in [0.2, 0.25) is 0 Å². The first-order chi connectivity index (χ1) is 14.6. The normalized spacial score (nSPS) is 11.8. The van der Waals surface area contributed by atoms with Crippen molar-refractivity contribution in [3.63, 3.8) is 0 Å². The van der Waals surface area contributed by atoms with Crippen molar-refractivity contribution in [3.8, 4) is 11.5 Å². The van der Waals surface area contributed by atoms with Crippen LogP contribution in [0.1, 0.15) is 69.4 Å². The van der Waals surface area contributed by atoms with E-state index in [0.717, 1.165) is 24.0 Å². The Balaban J connectivity index is 1.78. The van der Waals surface area contributed by atoms with Gasteiger partial charge in [0.25, 0.3) is 0 Å². The molecule has 4 heteroatoms. The average molecular weight is 413 g/mol. The SMILES string of the molecule is CCCCCCCCCC(=O)C(O)Cc1ccc(OCc2ccccc2)c(OC)c1. The first-order valence-electron chi connectivity index (χ1n) is 11.2. The van der Waals surface area contributed by atoms with Gasteiger partial charge in [0, 0.05) is 12.8 Å². The highest BCUT2D eigenvalue weighted by atomic mass is 16.5. The molecule has 30 heavy (non-hydrogen) atoms. The zero-order chi connectivity index (χ0) is 21.6. The van der Waals surface area contributed by atoms with Crippen LogP contribution in [0.25, 0.3) is 0 Å². The minimum absolute atomic E-state index is 0.0769. The minimum Gasteiger partial charge on any atom is -0.493 e. The molecule has 0 heterocycles. The summed E-state index contributed by atoms with van der Waals surface area (Å²) in [7, 11) is 1.59. The van der Waals surface area contributed by atoms with Crippen molar-refractivity contribution in [1.82, 2.24) is 0 Å². The number of carbonyl (C=O) groups is 1. The summed E-state index contributed by atoms with van der Waals surface area (Å²) in [6.45, 7) is 2.66. The predicted molar refractivity (Wildman–Crippen MR) is 121 cm³/mol. The van der Waals surface area contributed by atoms with Crippen molar-refractivity contribution in [2.75, 3.05) is 7.11 Å². The van der Waals surface area contributed by atoms with E-state index >= 15 is 0 Å². The van der Waals surface area contributed by atoms with Crippen LogP contribution in [0.2, 0.25) is 0 Å². The second kappa shape index (κ2) is 13.8. The minimum atomic E-state index is -0.967. The molecule has 4 nitrogen and oxygen atoms in total. The van der Waals surface area contributed by atoms with Gasteiger partial charge < -0.3 is 14.6 Å². The Morgan fingerprint density at radius 1 is 0.900 bits per heavy atom. The number of unbranched alkanes of at least 4 members (excludes halogenated alkanes) is 6. The van der Waals surface area contributed by atoms with E-state index in [9.17, 15) is 9.90 Å². The molecular formula is C26H36O4. The van der Waals surface area contributed by atoms with E-state index in [-0.39, 0.29) is 5.78 Å². The van der Waals surface area contributed by atoms with Gasteiger partial charge in [-0.3, -0.25) is 4.79 Å². The van der Waals surface area contributed by atoms with Crippen LogP contribution in [-0.4, -0.2) is 24.1 Å². The summed E-state index contributed by atoms with van der Waals surface area (Å²) in [6.07, 6.45) is 7.92. The molecule has 2 aromatic carbocycles. The van der Waals surface area contributed by atoms with Crippen LogP contribution >= 0.6 is 0 Å². The highest BCUT2D eigenvalue weighted by Crippen LogP contribution is 2.29. The average Bonchev–Trinajstić information content (AvgIpc) is 2.78. The third-order valence-electron chi connectivity index (χ3n) is 5.29. The molecule has 2 aromatic rings. The van der Waals surface area contributed by atoms with Crippen LogP contribution < -0.4 is 9.47 Å². The first-order valence-corrected chi connectivity index (χ1v) is 11.2. The number of aliphatic hydroxyl groups excluding tert-OH is 1. The molecule has 0 amide bonds. The molecule has 0 aliphatic heterocycles. The van der Waals surface area contributed by atoms with Crippen molar-refractivity contribution < 1.29 is 19.4 Å². The third kappa shape index (κ3) is 8.58. The second-order valence-corrected chi connectivity index (χ2v) is 7.82. The fraction of sp³-hybridized carbons (Fsp3) is 0.500. The maximum atomic E-state index is 12.3. The Kier molecular flexibility index (Phi) is 11.0. The molecule has 1 atom stereocenters. The summed E-state index contributed by atoms with van der Waals surface area (Å²) < 4.78 is 11.3. The molecule has 2 rings (SSSR count). The van der Waals surface area contributed by atoms with Crippen molar-refractivity contribution in [3.05, 3.63) is 59.7 Å². The van der Waals surface area contributed by atoms with Gasteiger partial charge in [0.05, 0.1) is 7.11 Å². The number of ketones is 1. The molecule has 0 radical (unpaired) electrons. The number of carbonyl (C=O) groups excluding carboxylic acids is 1. The Morgan fingerprint density at radius 3 is 2.30 bits per heavy atom. The van der Waals surface area contributed by atoms with Crippen LogP contribution in [0.5, 0.6) is 11.5 Å². The molecule has 0 aliphatic rings. The fourth-order valence-corrected chi connectivity index (χ4v) is 3.45. The summed E-state index contributed by atoms with van der Waals surface area (Å²) in [4.78, 5) is 12.3. The van der Waals surface area contributed by atoms with Gasteiger partial charge in [0.15, 0.2) is 17.3 Å². The van der Waals surface area contributed by atoms with E-state index < -0.39 is 6.10 Å². The van der Waals surface area contributed by atoms with Gasteiger partial charge >= 0.3 is 0 Å². The predicted octanol–water partition coefficient (Wildman–Crippen LogP) is 5.89. The Bertz CT molecular complexity index is 742. The summed E-state index contributed by atoms with van der Waals surface area (Å²) in [5.41, 5.74) is 1.94. The fourth-order valence-electron chi connectivity index (χ4n) is 3.45. The second-order valence-electron chi connectivity index (χ2n) is 7.82. The summed E-state index contributed by atoms with van der Waals surface area (Å²) in [5, 5.41) is 10.3. The van der Waals surface area contributed by atoms with E-state index in [2.05, 4.69) is 6.92 Å².